The molecular formula is C16H23NO2. The van der Waals surface area contributed by atoms with Crippen molar-refractivity contribution in [3.8, 4) is 0 Å². The number of fused-ring (bicyclic) bond motifs is 1. The number of benzene rings is 1. The van der Waals surface area contributed by atoms with E-state index in [1.54, 1.807) is 7.11 Å². The fourth-order valence-corrected chi connectivity index (χ4v) is 2.24. The summed E-state index contributed by atoms with van der Waals surface area (Å²) >= 11 is 0. The Morgan fingerprint density at radius 1 is 1.32 bits per heavy atom. The molecule has 0 aliphatic heterocycles. The van der Waals surface area contributed by atoms with Gasteiger partial charge in [0, 0.05) is 12.5 Å². The Labute approximate surface area is 114 Å². The third-order valence-electron chi connectivity index (χ3n) is 3.55. The van der Waals surface area contributed by atoms with Gasteiger partial charge in [-0.05, 0) is 38.9 Å². The van der Waals surface area contributed by atoms with Crippen molar-refractivity contribution < 1.29 is 9.15 Å². The molecule has 0 aliphatic carbocycles. The zero-order chi connectivity index (χ0) is 13.9. The maximum Gasteiger partial charge on any atom is 0.134 e. The molecule has 3 nitrogen and oxygen atoms in total. The van der Waals surface area contributed by atoms with Gasteiger partial charge in [0.25, 0.3) is 0 Å². The molecule has 0 spiro atoms. The van der Waals surface area contributed by atoms with E-state index in [0.717, 1.165) is 29.7 Å². The molecule has 0 radical (unpaired) electrons. The number of hydrogen-bond donors (Lipinski definition) is 1. The van der Waals surface area contributed by atoms with Gasteiger partial charge in [-0.25, -0.2) is 0 Å². The van der Waals surface area contributed by atoms with Crippen molar-refractivity contribution in [1.82, 2.24) is 5.32 Å². The van der Waals surface area contributed by atoms with Crippen molar-refractivity contribution in [1.29, 1.82) is 0 Å². The number of hydrogen-bond acceptors (Lipinski definition) is 3. The fourth-order valence-electron chi connectivity index (χ4n) is 2.24. The van der Waals surface area contributed by atoms with Gasteiger partial charge in [-0.1, -0.05) is 25.1 Å². The SMILES string of the molecule is CCCNC(c1cc2ccccc2o1)C(C)(C)OC. The lowest BCUT2D eigenvalue weighted by atomic mass is 9.96. The lowest BCUT2D eigenvalue weighted by Crippen LogP contribution is -2.41. The van der Waals surface area contributed by atoms with Crippen LogP contribution in [0.4, 0.5) is 0 Å². The lowest BCUT2D eigenvalue weighted by Gasteiger charge is -2.32. The first-order valence-electron chi connectivity index (χ1n) is 6.85. The molecule has 1 atom stereocenters. The number of rotatable bonds is 6. The smallest absolute Gasteiger partial charge is 0.134 e. The molecule has 2 aromatic rings. The molecule has 104 valence electrons. The molecule has 0 amide bonds. The Kier molecular flexibility index (Phi) is 4.27. The highest BCUT2D eigenvalue weighted by Gasteiger charge is 2.32. The summed E-state index contributed by atoms with van der Waals surface area (Å²) in [5.41, 5.74) is 0.607. The van der Waals surface area contributed by atoms with Gasteiger partial charge in [0.15, 0.2) is 0 Å². The third-order valence-corrected chi connectivity index (χ3v) is 3.55. The first-order valence-corrected chi connectivity index (χ1v) is 6.85. The molecule has 1 aromatic carbocycles. The van der Waals surface area contributed by atoms with Gasteiger partial charge in [0.2, 0.25) is 0 Å². The van der Waals surface area contributed by atoms with Gasteiger partial charge >= 0.3 is 0 Å². The van der Waals surface area contributed by atoms with E-state index in [1.165, 1.54) is 0 Å². The van der Waals surface area contributed by atoms with Crippen molar-refractivity contribution in [2.45, 2.75) is 38.8 Å². The number of nitrogens with one attached hydrogen (secondary N) is 1. The molecule has 0 bridgehead atoms. The molecule has 0 aliphatic rings. The van der Waals surface area contributed by atoms with Crippen LogP contribution in [0.15, 0.2) is 34.7 Å². The van der Waals surface area contributed by atoms with E-state index in [1.807, 2.05) is 18.2 Å². The Bertz CT molecular complexity index is 497. The van der Waals surface area contributed by atoms with Crippen LogP contribution in [0.25, 0.3) is 11.0 Å². The molecule has 2 rings (SSSR count). The van der Waals surface area contributed by atoms with Crippen LogP contribution in [0.1, 0.15) is 39.0 Å². The van der Waals surface area contributed by atoms with Crippen molar-refractivity contribution in [2.75, 3.05) is 13.7 Å². The highest BCUT2D eigenvalue weighted by atomic mass is 16.5. The van der Waals surface area contributed by atoms with E-state index >= 15 is 0 Å². The molecule has 1 heterocycles. The van der Waals surface area contributed by atoms with Crippen LogP contribution in [0.3, 0.4) is 0 Å². The molecule has 19 heavy (non-hydrogen) atoms. The number of methoxy groups -OCH3 is 1. The van der Waals surface area contributed by atoms with Gasteiger partial charge in [-0.3, -0.25) is 0 Å². The number of para-hydroxylation sites is 1. The predicted molar refractivity (Wildman–Crippen MR) is 78.3 cm³/mol. The second kappa shape index (κ2) is 5.76. The van der Waals surface area contributed by atoms with E-state index in [4.69, 9.17) is 9.15 Å². The Morgan fingerprint density at radius 3 is 2.68 bits per heavy atom. The van der Waals surface area contributed by atoms with E-state index < -0.39 is 0 Å². The molecular weight excluding hydrogens is 238 g/mol. The average molecular weight is 261 g/mol. The van der Waals surface area contributed by atoms with Crippen LogP contribution < -0.4 is 5.32 Å². The lowest BCUT2D eigenvalue weighted by molar-refractivity contribution is -0.0164. The summed E-state index contributed by atoms with van der Waals surface area (Å²) in [5.74, 6) is 0.932. The Balaban J connectivity index is 2.36. The summed E-state index contributed by atoms with van der Waals surface area (Å²) < 4.78 is 11.6. The van der Waals surface area contributed by atoms with Crippen molar-refractivity contribution >= 4 is 11.0 Å². The molecule has 0 saturated carbocycles. The zero-order valence-electron chi connectivity index (χ0n) is 12.2. The van der Waals surface area contributed by atoms with Crippen LogP contribution in [-0.4, -0.2) is 19.3 Å². The normalized spacial score (nSPS) is 13.9. The quantitative estimate of drug-likeness (QED) is 0.856. The summed E-state index contributed by atoms with van der Waals surface area (Å²) in [6.07, 6.45) is 1.08. The molecule has 1 N–H and O–H groups in total. The first-order chi connectivity index (χ1) is 9.08. The molecule has 0 fully saturated rings. The van der Waals surface area contributed by atoms with E-state index in [-0.39, 0.29) is 11.6 Å². The average Bonchev–Trinajstić information content (AvgIpc) is 2.82. The monoisotopic (exact) mass is 261 g/mol. The molecule has 1 unspecified atom stereocenters. The topological polar surface area (TPSA) is 34.4 Å². The summed E-state index contributed by atoms with van der Waals surface area (Å²) in [4.78, 5) is 0. The van der Waals surface area contributed by atoms with Crippen molar-refractivity contribution in [2.24, 2.45) is 0 Å². The highest BCUT2D eigenvalue weighted by Crippen LogP contribution is 2.32. The highest BCUT2D eigenvalue weighted by molar-refractivity contribution is 5.77. The van der Waals surface area contributed by atoms with Crippen LogP contribution in [0.2, 0.25) is 0 Å². The second-order valence-corrected chi connectivity index (χ2v) is 5.38. The van der Waals surface area contributed by atoms with E-state index in [0.29, 0.717) is 0 Å². The predicted octanol–water partition coefficient (Wildman–Crippen LogP) is 3.90. The second-order valence-electron chi connectivity index (χ2n) is 5.38. The number of ether oxygens (including phenoxy) is 1. The van der Waals surface area contributed by atoms with Gasteiger partial charge < -0.3 is 14.5 Å². The van der Waals surface area contributed by atoms with E-state index in [9.17, 15) is 0 Å². The van der Waals surface area contributed by atoms with Gasteiger partial charge in [0.05, 0.1) is 11.6 Å². The van der Waals surface area contributed by atoms with Gasteiger partial charge in [-0.15, -0.1) is 0 Å². The standard InChI is InChI=1S/C16H23NO2/c1-5-10-17-15(16(2,3)18-4)14-11-12-8-6-7-9-13(12)19-14/h6-9,11,15,17H,5,10H2,1-4H3. The first kappa shape index (κ1) is 14.1. The molecule has 0 saturated heterocycles. The molecule has 1 aromatic heterocycles. The minimum absolute atomic E-state index is 0.0462. The van der Waals surface area contributed by atoms with Crippen molar-refractivity contribution in [3.63, 3.8) is 0 Å². The minimum atomic E-state index is -0.316. The fraction of sp³-hybridized carbons (Fsp3) is 0.500. The summed E-state index contributed by atoms with van der Waals surface area (Å²) in [5, 5.41) is 4.65. The maximum absolute atomic E-state index is 5.97. The van der Waals surface area contributed by atoms with Crippen LogP contribution >= 0.6 is 0 Å². The maximum atomic E-state index is 5.97. The van der Waals surface area contributed by atoms with Gasteiger partial charge in [0.1, 0.15) is 11.3 Å². The van der Waals surface area contributed by atoms with Gasteiger partial charge in [-0.2, -0.15) is 0 Å². The van der Waals surface area contributed by atoms with Crippen LogP contribution in [-0.2, 0) is 4.74 Å². The van der Waals surface area contributed by atoms with Crippen LogP contribution in [0.5, 0.6) is 0 Å². The zero-order valence-corrected chi connectivity index (χ0v) is 12.2. The van der Waals surface area contributed by atoms with E-state index in [2.05, 4.69) is 38.2 Å². The van der Waals surface area contributed by atoms with Crippen LogP contribution in [0, 0.1) is 0 Å². The summed E-state index contributed by atoms with van der Waals surface area (Å²) in [6, 6.07) is 10.2. The third kappa shape index (κ3) is 2.99. The largest absolute Gasteiger partial charge is 0.459 e. The Hall–Kier alpha value is -1.32. The number of furan rings is 1. The van der Waals surface area contributed by atoms with Crippen molar-refractivity contribution in [3.05, 3.63) is 36.1 Å². The Morgan fingerprint density at radius 2 is 2.05 bits per heavy atom. The summed E-state index contributed by atoms with van der Waals surface area (Å²) in [7, 11) is 1.74. The summed E-state index contributed by atoms with van der Waals surface area (Å²) in [6.45, 7) is 7.25. The minimum Gasteiger partial charge on any atom is -0.459 e. The molecule has 3 heteroatoms.